The fourth-order valence-corrected chi connectivity index (χ4v) is 4.71. The Morgan fingerprint density at radius 2 is 1.64 bits per heavy atom. The summed E-state index contributed by atoms with van der Waals surface area (Å²) < 4.78 is 43.9. The molecule has 0 bridgehead atoms. The quantitative estimate of drug-likeness (QED) is 0.310. The van der Waals surface area contributed by atoms with Crippen LogP contribution in [0.3, 0.4) is 0 Å². The first-order chi connectivity index (χ1) is 17.3. The average Bonchev–Trinajstić information content (AvgIpc) is 2.88. The number of nitrogens with zero attached hydrogens (tertiary/aromatic N) is 2. The average molecular weight is 512 g/mol. The summed E-state index contributed by atoms with van der Waals surface area (Å²) >= 11 is 0. The molecule has 0 unspecified atom stereocenters. The van der Waals surface area contributed by atoms with E-state index in [2.05, 4.69) is 10.5 Å². The van der Waals surface area contributed by atoms with Gasteiger partial charge in [-0.1, -0.05) is 17.7 Å². The third-order valence-corrected chi connectivity index (χ3v) is 6.95. The minimum absolute atomic E-state index is 0.0331. The SMILES string of the molecule is CCOc1ccc(S(=O)(=O)N(CC(=O)NN=Cc2ccc(OC)cc2OC)c2ccc(C)cc2)cc1. The van der Waals surface area contributed by atoms with Gasteiger partial charge in [-0.15, -0.1) is 0 Å². The van der Waals surface area contributed by atoms with Crippen LogP contribution in [0.15, 0.2) is 76.7 Å². The zero-order valence-corrected chi connectivity index (χ0v) is 21.4. The molecule has 3 aromatic carbocycles. The molecule has 1 amide bonds. The zero-order chi connectivity index (χ0) is 26.1. The number of aryl methyl sites for hydroxylation is 1. The number of carbonyl (C=O) groups excluding carboxylic acids is 1. The van der Waals surface area contributed by atoms with Gasteiger partial charge in [-0.3, -0.25) is 9.10 Å². The van der Waals surface area contributed by atoms with Crippen molar-refractivity contribution in [1.82, 2.24) is 5.43 Å². The van der Waals surface area contributed by atoms with Crippen molar-refractivity contribution in [1.29, 1.82) is 0 Å². The smallest absolute Gasteiger partial charge is 0.264 e. The summed E-state index contributed by atoms with van der Waals surface area (Å²) in [7, 11) is -1.00. The maximum absolute atomic E-state index is 13.5. The van der Waals surface area contributed by atoms with E-state index < -0.39 is 22.5 Å². The highest BCUT2D eigenvalue weighted by Gasteiger charge is 2.27. The minimum Gasteiger partial charge on any atom is -0.497 e. The lowest BCUT2D eigenvalue weighted by atomic mass is 10.2. The predicted octanol–water partition coefficient (Wildman–Crippen LogP) is 3.76. The Morgan fingerprint density at radius 3 is 2.25 bits per heavy atom. The van der Waals surface area contributed by atoms with Gasteiger partial charge in [0.15, 0.2) is 0 Å². The Hall–Kier alpha value is -4.05. The van der Waals surface area contributed by atoms with E-state index in [1.807, 2.05) is 13.8 Å². The summed E-state index contributed by atoms with van der Waals surface area (Å²) in [6.45, 7) is 3.72. The maximum atomic E-state index is 13.5. The number of rotatable bonds is 11. The Balaban J connectivity index is 1.82. The van der Waals surface area contributed by atoms with Crippen molar-refractivity contribution in [3.05, 3.63) is 77.9 Å². The maximum Gasteiger partial charge on any atom is 0.264 e. The highest BCUT2D eigenvalue weighted by molar-refractivity contribution is 7.92. The van der Waals surface area contributed by atoms with Crippen LogP contribution in [0.4, 0.5) is 5.69 Å². The van der Waals surface area contributed by atoms with Crippen LogP contribution in [-0.4, -0.2) is 47.9 Å². The molecular weight excluding hydrogens is 482 g/mol. The number of ether oxygens (including phenoxy) is 3. The Morgan fingerprint density at radius 1 is 0.972 bits per heavy atom. The zero-order valence-electron chi connectivity index (χ0n) is 20.6. The summed E-state index contributed by atoms with van der Waals surface area (Å²) in [5, 5.41) is 3.97. The molecule has 0 aromatic heterocycles. The van der Waals surface area contributed by atoms with E-state index in [-0.39, 0.29) is 4.90 Å². The number of anilines is 1. The predicted molar refractivity (Wildman–Crippen MR) is 139 cm³/mol. The van der Waals surface area contributed by atoms with Gasteiger partial charge in [-0.05, 0) is 62.4 Å². The molecule has 10 heteroatoms. The number of carbonyl (C=O) groups is 1. The number of methoxy groups -OCH3 is 2. The largest absolute Gasteiger partial charge is 0.497 e. The molecule has 3 aromatic rings. The second kappa shape index (κ2) is 12.1. The number of sulfonamides is 1. The van der Waals surface area contributed by atoms with Gasteiger partial charge in [-0.2, -0.15) is 5.10 Å². The molecule has 0 saturated carbocycles. The van der Waals surface area contributed by atoms with Gasteiger partial charge in [0.1, 0.15) is 23.8 Å². The van der Waals surface area contributed by atoms with Gasteiger partial charge in [0.2, 0.25) is 0 Å². The molecule has 1 N–H and O–H groups in total. The van der Waals surface area contributed by atoms with Crippen molar-refractivity contribution in [3.8, 4) is 17.2 Å². The molecule has 0 spiro atoms. The van der Waals surface area contributed by atoms with Gasteiger partial charge in [0.25, 0.3) is 15.9 Å². The summed E-state index contributed by atoms with van der Waals surface area (Å²) in [5.41, 5.74) is 4.31. The van der Waals surface area contributed by atoms with Crippen molar-refractivity contribution in [2.24, 2.45) is 5.10 Å². The first-order valence-electron chi connectivity index (χ1n) is 11.1. The van der Waals surface area contributed by atoms with E-state index in [4.69, 9.17) is 14.2 Å². The van der Waals surface area contributed by atoms with Crippen molar-refractivity contribution < 1.29 is 27.4 Å². The minimum atomic E-state index is -4.06. The molecule has 190 valence electrons. The Labute approximate surface area is 211 Å². The fraction of sp³-hybridized carbons (Fsp3) is 0.231. The summed E-state index contributed by atoms with van der Waals surface area (Å²) in [6, 6.07) is 18.1. The third-order valence-electron chi connectivity index (χ3n) is 5.17. The Kier molecular flexibility index (Phi) is 8.91. The Bertz CT molecular complexity index is 1310. The molecule has 0 saturated heterocycles. The van der Waals surface area contributed by atoms with Gasteiger partial charge in [0.05, 0.1) is 37.6 Å². The standard InChI is InChI=1S/C26H29N3O6S/c1-5-35-22-12-14-24(15-13-22)36(31,32)29(21-9-6-19(2)7-10-21)18-26(30)28-27-17-20-8-11-23(33-3)16-25(20)34-4/h6-17H,5,18H2,1-4H3,(H,28,30). The number of nitrogens with one attached hydrogen (secondary N) is 1. The monoisotopic (exact) mass is 511 g/mol. The molecule has 36 heavy (non-hydrogen) atoms. The van der Waals surface area contributed by atoms with Crippen LogP contribution >= 0.6 is 0 Å². The molecule has 9 nitrogen and oxygen atoms in total. The molecule has 0 aliphatic heterocycles. The highest BCUT2D eigenvalue weighted by Crippen LogP contribution is 2.26. The third kappa shape index (κ3) is 6.54. The van der Waals surface area contributed by atoms with E-state index in [1.165, 1.54) is 25.5 Å². The first kappa shape index (κ1) is 26.6. The van der Waals surface area contributed by atoms with Gasteiger partial charge in [0, 0.05) is 11.6 Å². The molecular formula is C26H29N3O6S. The molecule has 0 radical (unpaired) electrons. The van der Waals surface area contributed by atoms with Crippen LogP contribution < -0.4 is 23.9 Å². The number of hydrogen-bond acceptors (Lipinski definition) is 7. The topological polar surface area (TPSA) is 107 Å². The van der Waals surface area contributed by atoms with Crippen LogP contribution in [0.5, 0.6) is 17.2 Å². The number of benzene rings is 3. The van der Waals surface area contributed by atoms with E-state index in [0.29, 0.717) is 35.1 Å². The van der Waals surface area contributed by atoms with E-state index in [9.17, 15) is 13.2 Å². The van der Waals surface area contributed by atoms with E-state index in [0.717, 1.165) is 9.87 Å². The van der Waals surface area contributed by atoms with Crippen molar-refractivity contribution in [2.75, 3.05) is 31.7 Å². The van der Waals surface area contributed by atoms with Crippen molar-refractivity contribution in [2.45, 2.75) is 18.7 Å². The second-order valence-corrected chi connectivity index (χ2v) is 9.52. The number of hydrogen-bond donors (Lipinski definition) is 1. The van der Waals surface area contributed by atoms with Crippen LogP contribution in [0, 0.1) is 6.92 Å². The van der Waals surface area contributed by atoms with Gasteiger partial charge < -0.3 is 14.2 Å². The number of hydrazone groups is 1. The molecule has 0 aliphatic carbocycles. The second-order valence-electron chi connectivity index (χ2n) is 7.65. The molecule has 0 fully saturated rings. The highest BCUT2D eigenvalue weighted by atomic mass is 32.2. The lowest BCUT2D eigenvalue weighted by molar-refractivity contribution is -0.119. The van der Waals surface area contributed by atoms with Crippen LogP contribution in [-0.2, 0) is 14.8 Å². The van der Waals surface area contributed by atoms with Gasteiger partial charge >= 0.3 is 0 Å². The number of amides is 1. The lowest BCUT2D eigenvalue weighted by Gasteiger charge is -2.24. The van der Waals surface area contributed by atoms with E-state index >= 15 is 0 Å². The van der Waals surface area contributed by atoms with Crippen LogP contribution in [0.25, 0.3) is 0 Å². The van der Waals surface area contributed by atoms with Crippen molar-refractivity contribution >= 4 is 27.8 Å². The fourth-order valence-electron chi connectivity index (χ4n) is 3.29. The van der Waals surface area contributed by atoms with E-state index in [1.54, 1.807) is 61.7 Å². The molecule has 0 aliphatic rings. The summed E-state index contributed by atoms with van der Waals surface area (Å²) in [5.74, 6) is 1.06. The molecule has 3 rings (SSSR count). The normalized spacial score (nSPS) is 11.2. The lowest BCUT2D eigenvalue weighted by Crippen LogP contribution is -2.39. The van der Waals surface area contributed by atoms with Crippen molar-refractivity contribution in [3.63, 3.8) is 0 Å². The first-order valence-corrected chi connectivity index (χ1v) is 12.6. The van der Waals surface area contributed by atoms with Gasteiger partial charge in [-0.25, -0.2) is 13.8 Å². The molecule has 0 heterocycles. The summed E-state index contributed by atoms with van der Waals surface area (Å²) in [6.07, 6.45) is 1.41. The molecule has 0 atom stereocenters. The van der Waals surface area contributed by atoms with Crippen LogP contribution in [0.1, 0.15) is 18.1 Å². The van der Waals surface area contributed by atoms with Crippen LogP contribution in [0.2, 0.25) is 0 Å². The summed E-state index contributed by atoms with van der Waals surface area (Å²) in [4.78, 5) is 12.8.